The summed E-state index contributed by atoms with van der Waals surface area (Å²) in [4.78, 5) is 16.3. The summed E-state index contributed by atoms with van der Waals surface area (Å²) in [5.74, 6) is -0.0694. The van der Waals surface area contributed by atoms with Gasteiger partial charge in [0.2, 0.25) is 5.91 Å². The number of nitrogens with two attached hydrogens (primary N) is 1. The van der Waals surface area contributed by atoms with Gasteiger partial charge in [0.15, 0.2) is 5.13 Å². The molecule has 132 valence electrons. The Balaban J connectivity index is 1.67. The number of carbonyl (C=O) groups is 1. The van der Waals surface area contributed by atoms with Crippen LogP contribution >= 0.6 is 22.3 Å². The van der Waals surface area contributed by atoms with Gasteiger partial charge in [-0.2, -0.15) is 0 Å². The fraction of sp³-hybridized carbons (Fsp3) is 0.333. The molecule has 0 unspecified atom stereocenters. The van der Waals surface area contributed by atoms with E-state index >= 15 is 0 Å². The van der Waals surface area contributed by atoms with E-state index in [1.807, 2.05) is 35.7 Å². The lowest BCUT2D eigenvalue weighted by molar-refractivity contribution is -0.116. The minimum atomic E-state index is -3.13. The highest BCUT2D eigenvalue weighted by Crippen LogP contribution is 2.24. The lowest BCUT2D eigenvalue weighted by Gasteiger charge is -2.26. The van der Waals surface area contributed by atoms with Crippen LogP contribution in [0.4, 0.5) is 5.13 Å². The van der Waals surface area contributed by atoms with E-state index in [9.17, 15) is 4.79 Å². The molecule has 1 heterocycles. The minimum absolute atomic E-state index is 0.0694. The standard InChI is InChI=1S/C15H22N4O3S2/c16-24(21,22)17-10-6-2-5-9-14(20)19-15-18-13(11-23-15)12-7-3-1-4-8-12/h1,3-4,7-8,11,17,21-22H,2,5-6,9-10,16H2,(H,18,19,20). The Morgan fingerprint density at radius 3 is 2.67 bits per heavy atom. The van der Waals surface area contributed by atoms with Crippen molar-refractivity contribution in [1.29, 1.82) is 0 Å². The second-order valence-electron chi connectivity index (χ2n) is 5.25. The van der Waals surface area contributed by atoms with Gasteiger partial charge in [0.05, 0.1) is 5.69 Å². The van der Waals surface area contributed by atoms with Gasteiger partial charge < -0.3 is 5.32 Å². The molecule has 0 spiro atoms. The Bertz CT molecular complexity index is 644. The molecule has 7 nitrogen and oxygen atoms in total. The fourth-order valence-corrected chi connectivity index (χ4v) is 3.24. The van der Waals surface area contributed by atoms with Crippen molar-refractivity contribution >= 4 is 33.3 Å². The van der Waals surface area contributed by atoms with Crippen molar-refractivity contribution in [2.24, 2.45) is 5.14 Å². The first kappa shape index (κ1) is 18.8. The lowest BCUT2D eigenvalue weighted by Crippen LogP contribution is -2.27. The Hall–Kier alpha value is -1.49. The number of rotatable bonds is 9. The van der Waals surface area contributed by atoms with Crippen LogP contribution < -0.4 is 15.2 Å². The van der Waals surface area contributed by atoms with E-state index in [0.717, 1.165) is 24.1 Å². The molecule has 1 amide bonds. The van der Waals surface area contributed by atoms with E-state index in [2.05, 4.69) is 15.0 Å². The number of unbranched alkanes of at least 4 members (excludes halogenated alkanes) is 2. The van der Waals surface area contributed by atoms with Gasteiger partial charge in [-0.05, 0) is 12.8 Å². The third-order valence-corrected chi connectivity index (χ3v) is 4.60. The number of hydrogen-bond donors (Lipinski definition) is 5. The average molecular weight is 370 g/mol. The first-order valence-corrected chi connectivity index (χ1v) is 10.0. The molecule has 0 saturated heterocycles. The molecule has 1 aromatic carbocycles. The number of carbonyl (C=O) groups excluding carboxylic acids is 1. The average Bonchev–Trinajstić information content (AvgIpc) is 2.99. The van der Waals surface area contributed by atoms with Crippen LogP contribution in [0.1, 0.15) is 25.7 Å². The van der Waals surface area contributed by atoms with E-state index in [0.29, 0.717) is 24.5 Å². The Kier molecular flexibility index (Phi) is 7.16. The van der Waals surface area contributed by atoms with Gasteiger partial charge in [-0.25, -0.2) is 14.8 Å². The largest absolute Gasteiger partial charge is 0.302 e. The molecule has 6 N–H and O–H groups in total. The second kappa shape index (κ2) is 9.11. The number of hydrogen-bond acceptors (Lipinski definition) is 7. The zero-order valence-electron chi connectivity index (χ0n) is 13.1. The molecule has 0 aliphatic rings. The zero-order chi connectivity index (χ0) is 17.4. The number of thiazole rings is 1. The van der Waals surface area contributed by atoms with Crippen LogP contribution in [-0.4, -0.2) is 26.5 Å². The Labute approximate surface area is 146 Å². The van der Waals surface area contributed by atoms with Crippen molar-refractivity contribution in [2.75, 3.05) is 11.9 Å². The molecule has 0 aliphatic heterocycles. The predicted molar refractivity (Wildman–Crippen MR) is 99.7 cm³/mol. The third-order valence-electron chi connectivity index (χ3n) is 3.22. The first-order valence-electron chi connectivity index (χ1n) is 7.55. The van der Waals surface area contributed by atoms with E-state index in [4.69, 9.17) is 14.2 Å². The van der Waals surface area contributed by atoms with Gasteiger partial charge >= 0.3 is 0 Å². The maximum atomic E-state index is 11.9. The number of nitrogens with zero attached hydrogens (tertiary/aromatic N) is 1. The first-order chi connectivity index (χ1) is 11.4. The molecule has 24 heavy (non-hydrogen) atoms. The van der Waals surface area contributed by atoms with Crippen molar-refractivity contribution < 1.29 is 13.9 Å². The lowest BCUT2D eigenvalue weighted by atomic mass is 10.2. The van der Waals surface area contributed by atoms with Gasteiger partial charge in [0.25, 0.3) is 0 Å². The van der Waals surface area contributed by atoms with Gasteiger partial charge in [-0.1, -0.05) is 47.7 Å². The number of anilines is 1. The summed E-state index contributed by atoms with van der Waals surface area (Å²) in [6.45, 7) is 0.410. The maximum Gasteiger partial charge on any atom is 0.226 e. The summed E-state index contributed by atoms with van der Waals surface area (Å²) in [7, 11) is -3.13. The van der Waals surface area contributed by atoms with Gasteiger partial charge in [0.1, 0.15) is 0 Å². The molecule has 0 fully saturated rings. The predicted octanol–water partition coefficient (Wildman–Crippen LogP) is 3.44. The van der Waals surface area contributed by atoms with Crippen molar-refractivity contribution in [3.8, 4) is 11.3 Å². The summed E-state index contributed by atoms with van der Waals surface area (Å²) in [6.07, 6.45) is 2.63. The van der Waals surface area contributed by atoms with Crippen molar-refractivity contribution in [3.63, 3.8) is 0 Å². The molecule has 9 heteroatoms. The monoisotopic (exact) mass is 370 g/mol. The quantitative estimate of drug-likeness (QED) is 0.431. The summed E-state index contributed by atoms with van der Waals surface area (Å²) in [5.41, 5.74) is 1.87. The summed E-state index contributed by atoms with van der Waals surface area (Å²) in [6, 6.07) is 9.80. The summed E-state index contributed by atoms with van der Waals surface area (Å²) in [5, 5.41) is 10.4. The van der Waals surface area contributed by atoms with Gasteiger partial charge in [-0.15, -0.1) is 11.3 Å². The molecule has 0 radical (unpaired) electrons. The highest BCUT2D eigenvalue weighted by molar-refractivity contribution is 8.20. The van der Waals surface area contributed by atoms with E-state index in [1.165, 1.54) is 11.3 Å². The number of amides is 1. The number of nitrogens with one attached hydrogen (secondary N) is 2. The molecular weight excluding hydrogens is 348 g/mol. The molecular formula is C15H22N4O3S2. The fourth-order valence-electron chi connectivity index (χ4n) is 2.06. The molecule has 0 aliphatic carbocycles. The van der Waals surface area contributed by atoms with E-state index in [-0.39, 0.29) is 5.91 Å². The third kappa shape index (κ3) is 6.95. The zero-order valence-corrected chi connectivity index (χ0v) is 14.8. The van der Waals surface area contributed by atoms with Crippen LogP contribution in [0.2, 0.25) is 0 Å². The molecule has 1 aromatic heterocycles. The molecule has 0 saturated carbocycles. The highest BCUT2D eigenvalue weighted by atomic mass is 32.3. The van der Waals surface area contributed by atoms with E-state index < -0.39 is 11.0 Å². The second-order valence-corrected chi connectivity index (χ2v) is 7.58. The summed E-state index contributed by atoms with van der Waals surface area (Å²) < 4.78 is 20.3. The molecule has 2 aromatic rings. The van der Waals surface area contributed by atoms with Crippen LogP contribution in [-0.2, 0) is 4.79 Å². The molecule has 0 bridgehead atoms. The number of aromatic nitrogens is 1. The van der Waals surface area contributed by atoms with Crippen LogP contribution in [0.3, 0.4) is 0 Å². The topological polar surface area (TPSA) is 121 Å². The molecule has 0 atom stereocenters. The van der Waals surface area contributed by atoms with Crippen molar-refractivity contribution in [1.82, 2.24) is 9.71 Å². The molecule has 2 rings (SSSR count). The van der Waals surface area contributed by atoms with Crippen LogP contribution in [0.5, 0.6) is 0 Å². The van der Waals surface area contributed by atoms with Crippen molar-refractivity contribution in [2.45, 2.75) is 25.7 Å². The minimum Gasteiger partial charge on any atom is -0.302 e. The van der Waals surface area contributed by atoms with Crippen LogP contribution in [0.15, 0.2) is 35.7 Å². The summed E-state index contributed by atoms with van der Waals surface area (Å²) >= 11 is 1.40. The maximum absolute atomic E-state index is 11.9. The van der Waals surface area contributed by atoms with Crippen molar-refractivity contribution in [3.05, 3.63) is 35.7 Å². The van der Waals surface area contributed by atoms with E-state index in [1.54, 1.807) is 0 Å². The SMILES string of the molecule is NS(O)(O)NCCCCCC(=O)Nc1nc(-c2ccccc2)cs1. The smallest absolute Gasteiger partial charge is 0.226 e. The Morgan fingerprint density at radius 2 is 1.96 bits per heavy atom. The Morgan fingerprint density at radius 1 is 1.21 bits per heavy atom. The van der Waals surface area contributed by atoms with Gasteiger partial charge in [-0.3, -0.25) is 13.9 Å². The van der Waals surface area contributed by atoms with Gasteiger partial charge in [0, 0.05) is 23.9 Å². The van der Waals surface area contributed by atoms with Crippen LogP contribution in [0.25, 0.3) is 11.3 Å². The highest BCUT2D eigenvalue weighted by Gasteiger charge is 2.08. The normalized spacial score (nSPS) is 12.1. The number of benzene rings is 1. The van der Waals surface area contributed by atoms with Crippen LogP contribution in [0, 0.1) is 0 Å².